The van der Waals surface area contributed by atoms with E-state index in [2.05, 4.69) is 5.32 Å². The minimum absolute atomic E-state index is 0.0539. The van der Waals surface area contributed by atoms with E-state index in [1.165, 1.54) is 6.26 Å². The van der Waals surface area contributed by atoms with Crippen LogP contribution >= 0.6 is 0 Å². The molecule has 20 heavy (non-hydrogen) atoms. The maximum absolute atomic E-state index is 11.8. The van der Waals surface area contributed by atoms with Crippen LogP contribution in [0.3, 0.4) is 0 Å². The van der Waals surface area contributed by atoms with Gasteiger partial charge in [-0.15, -0.1) is 0 Å². The fourth-order valence-corrected chi connectivity index (χ4v) is 4.10. The lowest BCUT2D eigenvalue weighted by Crippen LogP contribution is -2.34. The number of nitrogens with one attached hydrogen (secondary N) is 1. The molecule has 1 aliphatic carbocycles. The fraction of sp³-hybridized carbons (Fsp3) is 0.571. The SMILES string of the molecule is COc1cc(NC2CCCC2S(C)(=O)=O)cc(OC)c1. The topological polar surface area (TPSA) is 64.6 Å². The fourth-order valence-electron chi connectivity index (χ4n) is 2.71. The molecule has 1 saturated carbocycles. The number of methoxy groups -OCH3 is 2. The van der Waals surface area contributed by atoms with Crippen molar-refractivity contribution < 1.29 is 17.9 Å². The average Bonchev–Trinajstić information content (AvgIpc) is 2.86. The molecule has 0 radical (unpaired) electrons. The monoisotopic (exact) mass is 299 g/mol. The van der Waals surface area contributed by atoms with Crippen LogP contribution in [0.5, 0.6) is 11.5 Å². The van der Waals surface area contributed by atoms with E-state index in [4.69, 9.17) is 9.47 Å². The molecule has 0 amide bonds. The van der Waals surface area contributed by atoms with Crippen molar-refractivity contribution in [3.63, 3.8) is 0 Å². The Morgan fingerprint density at radius 3 is 2.20 bits per heavy atom. The van der Waals surface area contributed by atoms with Gasteiger partial charge in [-0.3, -0.25) is 0 Å². The Hall–Kier alpha value is -1.43. The minimum atomic E-state index is -3.03. The quantitative estimate of drug-likeness (QED) is 0.902. The van der Waals surface area contributed by atoms with Crippen LogP contribution in [-0.2, 0) is 9.84 Å². The van der Waals surface area contributed by atoms with Gasteiger partial charge in [0.1, 0.15) is 11.5 Å². The molecule has 2 unspecified atom stereocenters. The largest absolute Gasteiger partial charge is 0.497 e. The van der Waals surface area contributed by atoms with Gasteiger partial charge in [0.15, 0.2) is 9.84 Å². The van der Waals surface area contributed by atoms with Gasteiger partial charge in [-0.1, -0.05) is 0 Å². The predicted octanol–water partition coefficient (Wildman–Crippen LogP) is 2.08. The third-order valence-electron chi connectivity index (χ3n) is 3.71. The lowest BCUT2D eigenvalue weighted by atomic mass is 10.2. The van der Waals surface area contributed by atoms with E-state index in [1.54, 1.807) is 20.3 Å². The predicted molar refractivity (Wildman–Crippen MR) is 79.4 cm³/mol. The summed E-state index contributed by atoms with van der Waals surface area (Å²) in [5.41, 5.74) is 0.821. The molecular formula is C14H21NO4S. The van der Waals surface area contributed by atoms with Gasteiger partial charge < -0.3 is 14.8 Å². The van der Waals surface area contributed by atoms with Crippen LogP contribution in [0.2, 0.25) is 0 Å². The Kier molecular flexibility index (Phi) is 4.42. The third kappa shape index (κ3) is 3.36. The van der Waals surface area contributed by atoms with Crippen LogP contribution < -0.4 is 14.8 Å². The molecule has 0 spiro atoms. The van der Waals surface area contributed by atoms with E-state index in [0.29, 0.717) is 11.5 Å². The molecular weight excluding hydrogens is 278 g/mol. The number of benzene rings is 1. The zero-order valence-electron chi connectivity index (χ0n) is 12.0. The Balaban J connectivity index is 2.21. The maximum atomic E-state index is 11.8. The highest BCUT2D eigenvalue weighted by Gasteiger charge is 2.34. The first-order chi connectivity index (χ1) is 9.44. The van der Waals surface area contributed by atoms with Crippen molar-refractivity contribution in [2.45, 2.75) is 30.6 Å². The highest BCUT2D eigenvalue weighted by Crippen LogP contribution is 2.31. The highest BCUT2D eigenvalue weighted by atomic mass is 32.2. The van der Waals surface area contributed by atoms with Crippen LogP contribution in [0, 0.1) is 0 Å². The molecule has 1 aromatic carbocycles. The lowest BCUT2D eigenvalue weighted by molar-refractivity contribution is 0.394. The smallest absolute Gasteiger partial charge is 0.152 e. The summed E-state index contributed by atoms with van der Waals surface area (Å²) in [5, 5.41) is 2.99. The molecule has 0 aromatic heterocycles. The van der Waals surface area contributed by atoms with Gasteiger partial charge in [0.25, 0.3) is 0 Å². The van der Waals surface area contributed by atoms with Crippen molar-refractivity contribution in [1.82, 2.24) is 0 Å². The van der Waals surface area contributed by atoms with E-state index >= 15 is 0 Å². The number of anilines is 1. The van der Waals surface area contributed by atoms with Gasteiger partial charge >= 0.3 is 0 Å². The molecule has 1 N–H and O–H groups in total. The Labute approximate surface area is 120 Å². The summed E-state index contributed by atoms with van der Waals surface area (Å²) in [6.07, 6.45) is 3.81. The lowest BCUT2D eigenvalue weighted by Gasteiger charge is -2.21. The summed E-state index contributed by atoms with van der Waals surface area (Å²) in [6, 6.07) is 5.43. The third-order valence-corrected chi connectivity index (χ3v) is 5.37. The van der Waals surface area contributed by atoms with Gasteiger partial charge in [0.2, 0.25) is 0 Å². The molecule has 1 aliphatic rings. The second-order valence-electron chi connectivity index (χ2n) is 5.15. The average molecular weight is 299 g/mol. The second-order valence-corrected chi connectivity index (χ2v) is 7.42. The first-order valence-electron chi connectivity index (χ1n) is 6.62. The second kappa shape index (κ2) is 5.91. The summed E-state index contributed by atoms with van der Waals surface area (Å²) < 4.78 is 34.0. The Morgan fingerprint density at radius 1 is 1.10 bits per heavy atom. The van der Waals surface area contributed by atoms with E-state index in [0.717, 1.165) is 24.9 Å². The van der Waals surface area contributed by atoms with Crippen LogP contribution in [0.25, 0.3) is 0 Å². The van der Waals surface area contributed by atoms with Gasteiger partial charge in [-0.2, -0.15) is 0 Å². The van der Waals surface area contributed by atoms with Gasteiger partial charge in [-0.05, 0) is 19.3 Å². The number of ether oxygens (including phenoxy) is 2. The maximum Gasteiger partial charge on any atom is 0.152 e. The van der Waals surface area contributed by atoms with Crippen LogP contribution in [0.15, 0.2) is 18.2 Å². The molecule has 6 heteroatoms. The molecule has 0 bridgehead atoms. The van der Waals surface area contributed by atoms with Crippen molar-refractivity contribution in [1.29, 1.82) is 0 Å². The molecule has 0 saturated heterocycles. The summed E-state index contributed by atoms with van der Waals surface area (Å²) in [5.74, 6) is 1.36. The van der Waals surface area contributed by atoms with Gasteiger partial charge in [-0.25, -0.2) is 8.42 Å². The van der Waals surface area contributed by atoms with Crippen LogP contribution in [0.1, 0.15) is 19.3 Å². The molecule has 2 rings (SSSR count). The van der Waals surface area contributed by atoms with Crippen molar-refractivity contribution in [3.05, 3.63) is 18.2 Å². The summed E-state index contributed by atoms with van der Waals surface area (Å²) >= 11 is 0. The Bertz CT molecular complexity index is 548. The Morgan fingerprint density at radius 2 is 1.70 bits per heavy atom. The number of hydrogen-bond acceptors (Lipinski definition) is 5. The van der Waals surface area contributed by atoms with Crippen molar-refractivity contribution in [2.24, 2.45) is 0 Å². The normalized spacial score (nSPS) is 22.6. The molecule has 0 heterocycles. The first kappa shape index (κ1) is 15.0. The van der Waals surface area contributed by atoms with Crippen LogP contribution in [0.4, 0.5) is 5.69 Å². The zero-order chi connectivity index (χ0) is 14.8. The van der Waals surface area contributed by atoms with Crippen molar-refractivity contribution in [2.75, 3.05) is 25.8 Å². The van der Waals surface area contributed by atoms with Gasteiger partial charge in [0, 0.05) is 36.2 Å². The van der Waals surface area contributed by atoms with Crippen molar-refractivity contribution in [3.8, 4) is 11.5 Å². The van der Waals surface area contributed by atoms with E-state index in [9.17, 15) is 8.42 Å². The van der Waals surface area contributed by atoms with E-state index in [1.807, 2.05) is 12.1 Å². The molecule has 1 aromatic rings. The first-order valence-corrected chi connectivity index (χ1v) is 8.58. The van der Waals surface area contributed by atoms with E-state index in [-0.39, 0.29) is 11.3 Å². The number of rotatable bonds is 5. The molecule has 112 valence electrons. The highest BCUT2D eigenvalue weighted by molar-refractivity contribution is 7.91. The minimum Gasteiger partial charge on any atom is -0.497 e. The molecule has 5 nitrogen and oxygen atoms in total. The van der Waals surface area contributed by atoms with Gasteiger partial charge in [0.05, 0.1) is 19.5 Å². The summed E-state index contributed by atoms with van der Waals surface area (Å²) in [6.45, 7) is 0. The zero-order valence-corrected chi connectivity index (χ0v) is 12.9. The van der Waals surface area contributed by atoms with Crippen molar-refractivity contribution >= 4 is 15.5 Å². The molecule has 2 atom stereocenters. The van der Waals surface area contributed by atoms with E-state index < -0.39 is 9.84 Å². The molecule has 0 aliphatic heterocycles. The summed E-state index contributed by atoms with van der Waals surface area (Å²) in [7, 11) is 0.153. The number of hydrogen-bond donors (Lipinski definition) is 1. The molecule has 1 fully saturated rings. The number of sulfone groups is 1. The standard InChI is InChI=1S/C14H21NO4S/c1-18-11-7-10(8-12(9-11)19-2)15-13-5-4-6-14(13)20(3,16)17/h7-9,13-15H,4-6H2,1-3H3. The summed E-state index contributed by atoms with van der Waals surface area (Å²) in [4.78, 5) is 0. The van der Waals surface area contributed by atoms with Crippen LogP contribution in [-0.4, -0.2) is 40.2 Å².